The van der Waals surface area contributed by atoms with Crippen LogP contribution in [0.1, 0.15) is 34.1 Å². The number of carbonyl (C=O) groups is 1. The molecule has 1 atom stereocenters. The SMILES string of the molecule is CCNC(=NCC(CC(C)C)N1CCOCC1)NCCOc1cccc(NC(C)=O)c1.I. The lowest BCUT2D eigenvalue weighted by Crippen LogP contribution is -2.46. The number of hydrogen-bond acceptors (Lipinski definition) is 5. The smallest absolute Gasteiger partial charge is 0.221 e. The highest BCUT2D eigenvalue weighted by Crippen LogP contribution is 2.17. The molecule has 1 amide bonds. The first-order chi connectivity index (χ1) is 15.0. The zero-order chi connectivity index (χ0) is 22.5. The van der Waals surface area contributed by atoms with Crippen LogP contribution in [0.5, 0.6) is 5.75 Å². The standard InChI is InChI=1S/C23H39N5O3.HI/c1-5-24-23(26-17-21(15-18(2)3)28-10-13-30-14-11-28)25-9-12-31-22-8-6-7-20(16-22)27-19(4)29;/h6-8,16,18,21H,5,9-15,17H2,1-4H3,(H,27,29)(H2,24,25,26);1H. The Balaban J connectivity index is 0.00000512. The fourth-order valence-electron chi connectivity index (χ4n) is 3.57. The molecule has 0 aromatic heterocycles. The van der Waals surface area contributed by atoms with Crippen molar-refractivity contribution >= 4 is 41.5 Å². The molecule has 2 rings (SSSR count). The Morgan fingerprint density at radius 3 is 2.66 bits per heavy atom. The number of anilines is 1. The molecule has 1 saturated heterocycles. The Morgan fingerprint density at radius 1 is 1.25 bits per heavy atom. The molecular formula is C23H40IN5O3. The molecule has 32 heavy (non-hydrogen) atoms. The number of carbonyl (C=O) groups excluding carboxylic acids is 1. The van der Waals surface area contributed by atoms with Crippen LogP contribution in [0.3, 0.4) is 0 Å². The Labute approximate surface area is 209 Å². The first-order valence-electron chi connectivity index (χ1n) is 11.3. The van der Waals surface area contributed by atoms with E-state index in [0.717, 1.165) is 63.2 Å². The number of hydrogen-bond donors (Lipinski definition) is 3. The van der Waals surface area contributed by atoms with Gasteiger partial charge >= 0.3 is 0 Å². The maximum absolute atomic E-state index is 11.2. The van der Waals surface area contributed by atoms with Gasteiger partial charge in [-0.1, -0.05) is 19.9 Å². The molecule has 8 nitrogen and oxygen atoms in total. The van der Waals surface area contributed by atoms with Crippen molar-refractivity contribution in [1.29, 1.82) is 0 Å². The van der Waals surface area contributed by atoms with E-state index < -0.39 is 0 Å². The molecule has 1 aromatic rings. The van der Waals surface area contributed by atoms with Gasteiger partial charge in [-0.15, -0.1) is 24.0 Å². The molecule has 3 N–H and O–H groups in total. The van der Waals surface area contributed by atoms with E-state index in [1.807, 2.05) is 24.3 Å². The quantitative estimate of drug-likeness (QED) is 0.167. The second kappa shape index (κ2) is 16.1. The van der Waals surface area contributed by atoms with E-state index in [1.165, 1.54) is 6.92 Å². The van der Waals surface area contributed by atoms with Crippen molar-refractivity contribution in [3.8, 4) is 5.75 Å². The molecule has 0 spiro atoms. The highest BCUT2D eigenvalue weighted by Gasteiger charge is 2.21. The van der Waals surface area contributed by atoms with E-state index in [9.17, 15) is 4.79 Å². The molecule has 1 fully saturated rings. The Kier molecular flexibility index (Phi) is 14.3. The van der Waals surface area contributed by atoms with Gasteiger partial charge in [-0.25, -0.2) is 0 Å². The van der Waals surface area contributed by atoms with E-state index in [2.05, 4.69) is 41.6 Å². The predicted octanol–water partition coefficient (Wildman–Crippen LogP) is 2.94. The average Bonchev–Trinajstić information content (AvgIpc) is 2.74. The number of ether oxygens (including phenoxy) is 2. The summed E-state index contributed by atoms with van der Waals surface area (Å²) in [6, 6.07) is 7.82. The Bertz CT molecular complexity index is 696. The van der Waals surface area contributed by atoms with Crippen molar-refractivity contribution in [2.45, 2.75) is 40.2 Å². The van der Waals surface area contributed by atoms with Crippen molar-refractivity contribution in [3.05, 3.63) is 24.3 Å². The largest absolute Gasteiger partial charge is 0.492 e. The van der Waals surface area contributed by atoms with Gasteiger partial charge in [-0.05, 0) is 31.4 Å². The first-order valence-corrected chi connectivity index (χ1v) is 11.3. The van der Waals surface area contributed by atoms with Crippen molar-refractivity contribution in [2.75, 3.05) is 57.9 Å². The van der Waals surface area contributed by atoms with Crippen LogP contribution >= 0.6 is 24.0 Å². The lowest BCUT2D eigenvalue weighted by Gasteiger charge is -2.34. The third-order valence-electron chi connectivity index (χ3n) is 4.93. The van der Waals surface area contributed by atoms with Gasteiger partial charge in [0.2, 0.25) is 5.91 Å². The van der Waals surface area contributed by atoms with Crippen LogP contribution in [0.25, 0.3) is 0 Å². The van der Waals surface area contributed by atoms with Crippen molar-refractivity contribution in [1.82, 2.24) is 15.5 Å². The van der Waals surface area contributed by atoms with E-state index in [4.69, 9.17) is 14.5 Å². The summed E-state index contributed by atoms with van der Waals surface area (Å²) >= 11 is 0. The lowest BCUT2D eigenvalue weighted by atomic mass is 10.0. The maximum Gasteiger partial charge on any atom is 0.221 e. The van der Waals surface area contributed by atoms with E-state index in [-0.39, 0.29) is 29.9 Å². The summed E-state index contributed by atoms with van der Waals surface area (Å²) in [7, 11) is 0. The Hall–Kier alpha value is -1.59. The molecule has 1 unspecified atom stereocenters. The minimum Gasteiger partial charge on any atom is -0.492 e. The molecular weight excluding hydrogens is 521 g/mol. The zero-order valence-electron chi connectivity index (χ0n) is 19.9. The van der Waals surface area contributed by atoms with Crippen LogP contribution in [0, 0.1) is 5.92 Å². The van der Waals surface area contributed by atoms with E-state index in [1.54, 1.807) is 0 Å². The molecule has 1 heterocycles. The van der Waals surface area contributed by atoms with Gasteiger partial charge in [-0.2, -0.15) is 0 Å². The molecule has 0 aliphatic carbocycles. The molecule has 0 saturated carbocycles. The molecule has 1 aromatic carbocycles. The van der Waals surface area contributed by atoms with Crippen LogP contribution in [0.2, 0.25) is 0 Å². The van der Waals surface area contributed by atoms with E-state index in [0.29, 0.717) is 25.1 Å². The number of nitrogens with one attached hydrogen (secondary N) is 3. The topological polar surface area (TPSA) is 87.2 Å². The molecule has 1 aliphatic heterocycles. The first kappa shape index (κ1) is 28.4. The van der Waals surface area contributed by atoms with Crippen LogP contribution in [-0.4, -0.2) is 75.4 Å². The summed E-state index contributed by atoms with van der Waals surface area (Å²) in [4.78, 5) is 18.5. The summed E-state index contributed by atoms with van der Waals surface area (Å²) in [6.07, 6.45) is 1.12. The number of morpholine rings is 1. The minimum absolute atomic E-state index is 0. The molecule has 1 aliphatic rings. The number of halogens is 1. The van der Waals surface area contributed by atoms with Crippen molar-refractivity contribution < 1.29 is 14.3 Å². The second-order valence-electron chi connectivity index (χ2n) is 8.14. The number of aliphatic imine (C=N–C) groups is 1. The number of nitrogens with zero attached hydrogens (tertiary/aromatic N) is 2. The van der Waals surface area contributed by atoms with Crippen LogP contribution < -0.4 is 20.7 Å². The van der Waals surface area contributed by atoms with Gasteiger partial charge < -0.3 is 25.4 Å². The fourth-order valence-corrected chi connectivity index (χ4v) is 3.57. The highest BCUT2D eigenvalue weighted by atomic mass is 127. The number of guanidine groups is 1. The van der Waals surface area contributed by atoms with Crippen LogP contribution in [0.4, 0.5) is 5.69 Å². The van der Waals surface area contributed by atoms with E-state index >= 15 is 0 Å². The van der Waals surface area contributed by atoms with Gasteiger partial charge in [0.15, 0.2) is 5.96 Å². The number of benzene rings is 1. The predicted molar refractivity (Wildman–Crippen MR) is 141 cm³/mol. The Morgan fingerprint density at radius 2 is 2.00 bits per heavy atom. The van der Waals surface area contributed by atoms with Gasteiger partial charge in [0.05, 0.1) is 26.3 Å². The zero-order valence-corrected chi connectivity index (χ0v) is 22.2. The van der Waals surface area contributed by atoms with Crippen LogP contribution in [-0.2, 0) is 9.53 Å². The van der Waals surface area contributed by atoms with Gasteiger partial charge in [0, 0.05) is 44.4 Å². The second-order valence-corrected chi connectivity index (χ2v) is 8.14. The lowest BCUT2D eigenvalue weighted by molar-refractivity contribution is -0.114. The monoisotopic (exact) mass is 561 g/mol. The summed E-state index contributed by atoms with van der Waals surface area (Å²) in [6.45, 7) is 14.3. The minimum atomic E-state index is -0.0989. The molecule has 0 bridgehead atoms. The third-order valence-corrected chi connectivity index (χ3v) is 4.93. The summed E-state index contributed by atoms with van der Waals surface area (Å²) < 4.78 is 11.3. The summed E-state index contributed by atoms with van der Waals surface area (Å²) in [5.41, 5.74) is 0.729. The van der Waals surface area contributed by atoms with Crippen molar-refractivity contribution in [2.24, 2.45) is 10.9 Å². The van der Waals surface area contributed by atoms with Gasteiger partial charge in [-0.3, -0.25) is 14.7 Å². The molecule has 0 radical (unpaired) electrons. The average molecular weight is 562 g/mol. The maximum atomic E-state index is 11.2. The number of rotatable bonds is 11. The number of amides is 1. The molecule has 182 valence electrons. The van der Waals surface area contributed by atoms with Gasteiger partial charge in [0.25, 0.3) is 0 Å². The van der Waals surface area contributed by atoms with Crippen molar-refractivity contribution in [3.63, 3.8) is 0 Å². The van der Waals surface area contributed by atoms with Gasteiger partial charge in [0.1, 0.15) is 12.4 Å². The third kappa shape index (κ3) is 11.3. The summed E-state index contributed by atoms with van der Waals surface area (Å²) in [5, 5.41) is 9.43. The molecule has 9 heteroatoms. The van der Waals surface area contributed by atoms with Crippen LogP contribution in [0.15, 0.2) is 29.3 Å². The fraction of sp³-hybridized carbons (Fsp3) is 0.652. The normalized spacial score (nSPS) is 15.6. The highest BCUT2D eigenvalue weighted by molar-refractivity contribution is 14.0. The summed E-state index contributed by atoms with van der Waals surface area (Å²) in [5.74, 6) is 2.05.